The highest BCUT2D eigenvalue weighted by Crippen LogP contribution is 2.43. The van der Waals surface area contributed by atoms with Crippen molar-refractivity contribution in [2.24, 2.45) is 11.8 Å². The third-order valence-electron chi connectivity index (χ3n) is 19.6. The van der Waals surface area contributed by atoms with Gasteiger partial charge in [0, 0.05) is 100 Å². The molecule has 0 amide bonds. The number of esters is 10. The number of anilines is 3. The van der Waals surface area contributed by atoms with Crippen LogP contribution in [0.5, 0.6) is 17.6 Å². The predicted molar refractivity (Wildman–Crippen MR) is 453 cm³/mol. The molecule has 690 valence electrons. The van der Waals surface area contributed by atoms with E-state index in [9.17, 15) is 47.9 Å². The molecule has 1 aromatic carbocycles. The van der Waals surface area contributed by atoms with Crippen LogP contribution in [0.4, 0.5) is 17.5 Å². The molecular formula is C83H124N12O26S3. The summed E-state index contributed by atoms with van der Waals surface area (Å²) in [4.78, 5) is 141. The minimum absolute atomic E-state index is 0.0803. The lowest BCUT2D eigenvalue weighted by Crippen LogP contribution is -2.44. The Kier molecular flexibility index (Phi) is 42.2. The summed E-state index contributed by atoms with van der Waals surface area (Å²) in [6.45, 7) is 25.3. The lowest BCUT2D eigenvalue weighted by molar-refractivity contribution is -0.166. The molecule has 0 unspecified atom stereocenters. The smallest absolute Gasteiger partial charge is 0.344 e. The number of aromatic nitrogens is 6. The van der Waals surface area contributed by atoms with Crippen molar-refractivity contribution in [2.45, 2.75) is 232 Å². The van der Waals surface area contributed by atoms with E-state index in [4.69, 9.17) is 75.8 Å². The number of unbranched alkanes of at least 4 members (excludes halogenated alkanes) is 1. The molecule has 0 spiro atoms. The maximum Gasteiger partial charge on any atom is 0.344 e. The first kappa shape index (κ1) is 100. The van der Waals surface area contributed by atoms with Gasteiger partial charge in [-0.15, -0.1) is 13.1 Å². The summed E-state index contributed by atoms with van der Waals surface area (Å²) in [6.07, 6.45) is -2.82. The molecule has 3 aliphatic heterocycles. The zero-order valence-electron chi connectivity index (χ0n) is 73.1. The Morgan fingerprint density at radius 1 is 0.435 bits per heavy atom. The van der Waals surface area contributed by atoms with Crippen molar-refractivity contribution in [3.05, 3.63) is 48.0 Å². The van der Waals surface area contributed by atoms with Crippen LogP contribution in [0.15, 0.2) is 42.5 Å². The van der Waals surface area contributed by atoms with E-state index in [1.165, 1.54) is 0 Å². The summed E-state index contributed by atoms with van der Waals surface area (Å²) in [7, 11) is 0. The average Bonchev–Trinajstić information content (AvgIpc) is 1.66. The van der Waals surface area contributed by atoms with E-state index >= 15 is 0 Å². The van der Waals surface area contributed by atoms with Crippen molar-refractivity contribution < 1.29 is 124 Å². The normalized spacial score (nSPS) is 18.0. The molecule has 4 fully saturated rings. The number of hydrogen-bond acceptors (Lipinski definition) is 41. The van der Waals surface area contributed by atoms with Crippen molar-refractivity contribution in [3.63, 3.8) is 0 Å². The topological polar surface area (TPSA) is 442 Å². The molecule has 1 aliphatic carbocycles. The monoisotopic (exact) mass is 1800 g/mol. The number of nitrogens with zero attached hydrogens (tertiary/aromatic N) is 9. The van der Waals surface area contributed by atoms with Crippen molar-refractivity contribution in [1.82, 2.24) is 42.2 Å². The molecule has 41 heteroatoms. The molecule has 3 saturated heterocycles. The lowest BCUT2D eigenvalue weighted by Gasteiger charge is -2.28. The van der Waals surface area contributed by atoms with Crippen molar-refractivity contribution in [1.29, 1.82) is 0 Å². The van der Waals surface area contributed by atoms with Gasteiger partial charge in [-0.3, -0.25) is 33.6 Å². The van der Waals surface area contributed by atoms with Gasteiger partial charge >= 0.3 is 59.7 Å². The standard InChI is InChI=1S/C83H124N12O26S3/c1-55(2)115-68(99)22-18-13-12-17-21-61-62(26-25-57(24-23-56-19-15-14-16-20-56)116-72(103)52-109-65(96)27-30-69(100)117-58(46-84-81(3,4)5)49-112-78-75(87-122-90-78)93-33-39-106-40-34-93)64(121-74(105)54-111-67(98)29-32-71(102)119-60(48-86-83(9,10)11)51-114-80-77(89-124-92-80)95-37-43-108-44-38-95)45-63(61)120-73(104)53-110-66(97)28-31-70(101)118-59(47-85-82(6,7)8)50-113-79-76(88-123-91-79)94-35-41-107-42-36-94/h12,14-17,19-20,55,57-64,84-86H,13,18,21-54H2,1-11H3/b17-12-/t57-,58-,59-,60-,61+,62+,63-,64+/m0/s1. The maximum absolute atomic E-state index is 14.2. The Hall–Kier alpha value is -9.10. The van der Waals surface area contributed by atoms with Crippen LogP contribution >= 0.6 is 35.2 Å². The fourth-order valence-corrected chi connectivity index (χ4v) is 14.9. The number of benzene rings is 1. The van der Waals surface area contributed by atoms with Gasteiger partial charge in [0.2, 0.25) is 17.5 Å². The van der Waals surface area contributed by atoms with Crippen molar-refractivity contribution >= 4 is 112 Å². The third kappa shape index (κ3) is 38.8. The van der Waals surface area contributed by atoms with Crippen LogP contribution in [0.2, 0.25) is 0 Å². The van der Waals surface area contributed by atoms with Gasteiger partial charge in [-0.2, -0.15) is 13.1 Å². The second kappa shape index (κ2) is 52.1. The van der Waals surface area contributed by atoms with E-state index in [2.05, 4.69) is 42.2 Å². The second-order valence-corrected chi connectivity index (χ2v) is 35.2. The number of carbonyl (C=O) groups is 10. The minimum Gasteiger partial charge on any atom is -0.470 e. The van der Waals surface area contributed by atoms with E-state index in [1.54, 1.807) is 13.8 Å². The molecule has 6 heterocycles. The molecule has 0 bridgehead atoms. The molecule has 4 aliphatic rings. The van der Waals surface area contributed by atoms with Crippen molar-refractivity contribution in [3.8, 4) is 17.6 Å². The number of ether oxygens (including phenoxy) is 16. The number of aryl methyl sites for hydroxylation is 1. The first-order valence-corrected chi connectivity index (χ1v) is 44.6. The van der Waals surface area contributed by atoms with Crippen LogP contribution in [-0.4, -0.2) is 283 Å². The van der Waals surface area contributed by atoms with E-state index in [-0.39, 0.29) is 124 Å². The number of carbonyl (C=O) groups excluding carboxylic acids is 10. The molecule has 4 aromatic rings. The molecule has 38 nitrogen and oxygen atoms in total. The van der Waals surface area contributed by atoms with Crippen LogP contribution in [0.3, 0.4) is 0 Å². The highest BCUT2D eigenvalue weighted by molar-refractivity contribution is 7.00. The summed E-state index contributed by atoms with van der Waals surface area (Å²) in [5.74, 6) is -7.12. The predicted octanol–water partition coefficient (Wildman–Crippen LogP) is 7.01. The lowest BCUT2D eigenvalue weighted by atomic mass is 9.85. The van der Waals surface area contributed by atoms with Gasteiger partial charge < -0.3 is 106 Å². The number of allylic oxidation sites excluding steroid dienone is 2. The molecule has 124 heavy (non-hydrogen) atoms. The summed E-state index contributed by atoms with van der Waals surface area (Å²) in [6, 6.07) is 9.39. The molecule has 3 aromatic heterocycles. The minimum atomic E-state index is -1.08. The molecule has 1 saturated carbocycles. The van der Waals surface area contributed by atoms with Crippen LogP contribution < -0.4 is 44.9 Å². The summed E-state index contributed by atoms with van der Waals surface area (Å²) >= 11 is 2.95. The van der Waals surface area contributed by atoms with E-state index in [0.29, 0.717) is 116 Å². The molecule has 3 N–H and O–H groups in total. The quantitative estimate of drug-likeness (QED) is 0.0173. The van der Waals surface area contributed by atoms with E-state index in [0.717, 1.165) is 40.7 Å². The molecule has 0 radical (unpaired) electrons. The zero-order chi connectivity index (χ0) is 89.4. The summed E-state index contributed by atoms with van der Waals surface area (Å²) < 4.78 is 118. The Morgan fingerprint density at radius 2 is 0.798 bits per heavy atom. The third-order valence-corrected chi connectivity index (χ3v) is 21.1. The first-order valence-electron chi connectivity index (χ1n) is 42.4. The summed E-state index contributed by atoms with van der Waals surface area (Å²) in [5.41, 5.74) is -0.208. The van der Waals surface area contributed by atoms with Gasteiger partial charge in [0.05, 0.1) is 119 Å². The Bertz CT molecular complexity index is 3990. The van der Waals surface area contributed by atoms with Gasteiger partial charge in [-0.05, 0) is 127 Å². The number of hydrogen-bond donors (Lipinski definition) is 3. The Balaban J connectivity index is 0.939. The number of rotatable bonds is 52. The maximum atomic E-state index is 14.2. The average molecular weight is 1800 g/mol. The molecule has 8 rings (SSSR count). The van der Waals surface area contributed by atoms with Crippen LogP contribution in [0.1, 0.15) is 172 Å². The van der Waals surface area contributed by atoms with Crippen LogP contribution in [0.25, 0.3) is 0 Å². The van der Waals surface area contributed by atoms with Crippen LogP contribution in [-0.2, 0) is 116 Å². The van der Waals surface area contributed by atoms with Gasteiger partial charge in [0.15, 0.2) is 19.8 Å². The van der Waals surface area contributed by atoms with E-state index < -0.39 is 161 Å². The zero-order valence-corrected chi connectivity index (χ0v) is 75.5. The molecule has 8 atom stereocenters. The highest BCUT2D eigenvalue weighted by Gasteiger charge is 2.47. The fraction of sp³-hybridized carbons (Fsp3) is 0.711. The Labute approximate surface area is 736 Å². The summed E-state index contributed by atoms with van der Waals surface area (Å²) in [5, 5.41) is 9.95. The molecular weight excluding hydrogens is 1680 g/mol. The largest absolute Gasteiger partial charge is 0.470 e. The van der Waals surface area contributed by atoms with Gasteiger partial charge in [-0.25, -0.2) is 14.4 Å². The van der Waals surface area contributed by atoms with Crippen molar-refractivity contribution in [2.75, 3.05) is 153 Å². The van der Waals surface area contributed by atoms with E-state index in [1.807, 2.05) is 119 Å². The van der Waals surface area contributed by atoms with Gasteiger partial charge in [0.25, 0.3) is 17.6 Å². The first-order chi connectivity index (χ1) is 59.3. The Morgan fingerprint density at radius 3 is 1.19 bits per heavy atom. The number of morpholine rings is 3. The van der Waals surface area contributed by atoms with Gasteiger partial charge in [-0.1, -0.05) is 42.5 Å². The SMILES string of the molecule is CC(C)OC(=O)CCC/C=C\C[C@@H]1[C@@H](CC[C@H](CCc2ccccc2)OC(=O)COC(=O)CCC(=O)O[C@@H](CNC(C)(C)C)COc2nsnc2N2CCOCC2)[C@H](OC(=O)COC(=O)CCC(=O)O[C@@H](CNC(C)(C)C)COc2nsnc2N2CCOCC2)C[C@@H]1OC(=O)COC(=O)CCC(=O)O[C@@H](CNC(C)(C)C)COc1nsnc1N1CCOCC1. The highest BCUT2D eigenvalue weighted by atomic mass is 32.1. The van der Waals surface area contributed by atoms with Gasteiger partial charge in [0.1, 0.15) is 56.4 Å². The van der Waals surface area contributed by atoms with Crippen LogP contribution in [0, 0.1) is 11.8 Å². The second-order valence-electron chi connectivity index (χ2n) is 33.6. The fourth-order valence-electron chi connectivity index (χ4n) is 13.3. The number of nitrogens with one attached hydrogen (secondary N) is 3.